The topological polar surface area (TPSA) is 29.9 Å². The molecule has 0 spiro atoms. The predicted octanol–water partition coefficient (Wildman–Crippen LogP) is 4.09. The lowest BCUT2D eigenvalue weighted by atomic mass is 10.1. The molecule has 0 fully saturated rings. The van der Waals surface area contributed by atoms with Crippen molar-refractivity contribution in [1.29, 1.82) is 0 Å². The molecule has 0 aliphatic rings. The molecule has 0 saturated carbocycles. The summed E-state index contributed by atoms with van der Waals surface area (Å²) in [7, 11) is 0. The molecule has 4 heteroatoms. The fraction of sp³-hybridized carbons (Fsp3) is 0.438. The van der Waals surface area contributed by atoms with Crippen LogP contribution in [0.25, 0.3) is 5.69 Å². The van der Waals surface area contributed by atoms with Gasteiger partial charge in [-0.2, -0.15) is 5.10 Å². The van der Waals surface area contributed by atoms with Gasteiger partial charge in [-0.3, -0.25) is 0 Å². The minimum atomic E-state index is 0.485. The summed E-state index contributed by atoms with van der Waals surface area (Å²) in [5, 5.41) is 8.05. The molecule has 0 aliphatic heterocycles. The Balaban J connectivity index is 2.33. The Hall–Kier alpha value is -1.13. The van der Waals surface area contributed by atoms with Gasteiger partial charge < -0.3 is 5.32 Å². The molecule has 108 valence electrons. The zero-order valence-corrected chi connectivity index (χ0v) is 13.9. The van der Waals surface area contributed by atoms with Gasteiger partial charge >= 0.3 is 0 Å². The van der Waals surface area contributed by atoms with Crippen LogP contribution >= 0.6 is 15.9 Å². The van der Waals surface area contributed by atoms with E-state index in [2.05, 4.69) is 63.9 Å². The molecule has 1 N–H and O–H groups in total. The van der Waals surface area contributed by atoms with Gasteiger partial charge in [-0.05, 0) is 24.6 Å². The zero-order valence-electron chi connectivity index (χ0n) is 12.4. The largest absolute Gasteiger partial charge is 0.310 e. The highest BCUT2D eigenvalue weighted by Gasteiger charge is 2.12. The summed E-state index contributed by atoms with van der Waals surface area (Å²) in [5.41, 5.74) is 3.71. The summed E-state index contributed by atoms with van der Waals surface area (Å²) in [6.07, 6.45) is 4.15. The van der Waals surface area contributed by atoms with Gasteiger partial charge in [0.1, 0.15) is 0 Å². The molecule has 0 unspecified atom stereocenters. The van der Waals surface area contributed by atoms with E-state index in [4.69, 9.17) is 0 Å². The second kappa shape index (κ2) is 7.04. The minimum Gasteiger partial charge on any atom is -0.310 e. The van der Waals surface area contributed by atoms with E-state index in [0.29, 0.717) is 6.04 Å². The predicted molar refractivity (Wildman–Crippen MR) is 87.2 cm³/mol. The fourth-order valence-electron chi connectivity index (χ4n) is 2.20. The van der Waals surface area contributed by atoms with Crippen molar-refractivity contribution in [1.82, 2.24) is 15.1 Å². The highest BCUT2D eigenvalue weighted by molar-refractivity contribution is 9.10. The maximum absolute atomic E-state index is 4.58. The van der Waals surface area contributed by atoms with Crippen molar-refractivity contribution in [2.45, 2.75) is 46.2 Å². The quantitative estimate of drug-likeness (QED) is 0.861. The SMILES string of the molecule is CCCc1c(CNC(C)C)cnn1-c1cccc(Br)c1. The number of nitrogens with one attached hydrogen (secondary N) is 1. The van der Waals surface area contributed by atoms with E-state index in [1.54, 1.807) is 0 Å². The lowest BCUT2D eigenvalue weighted by molar-refractivity contribution is 0.585. The smallest absolute Gasteiger partial charge is 0.0660 e. The molecular formula is C16H22BrN3. The summed E-state index contributed by atoms with van der Waals surface area (Å²) in [6, 6.07) is 8.76. The van der Waals surface area contributed by atoms with Gasteiger partial charge in [-0.25, -0.2) is 4.68 Å². The highest BCUT2D eigenvalue weighted by atomic mass is 79.9. The van der Waals surface area contributed by atoms with Crippen LogP contribution in [0, 0.1) is 0 Å². The Morgan fingerprint density at radius 2 is 2.15 bits per heavy atom. The molecule has 1 aromatic carbocycles. The summed E-state index contributed by atoms with van der Waals surface area (Å²) in [4.78, 5) is 0. The van der Waals surface area contributed by atoms with E-state index in [9.17, 15) is 0 Å². The normalized spacial score (nSPS) is 11.2. The third kappa shape index (κ3) is 3.70. The van der Waals surface area contributed by atoms with Crippen LogP contribution in [0.2, 0.25) is 0 Å². The average molecular weight is 336 g/mol. The van der Waals surface area contributed by atoms with Gasteiger partial charge in [-0.1, -0.05) is 49.2 Å². The first-order chi connectivity index (χ1) is 9.61. The van der Waals surface area contributed by atoms with E-state index < -0.39 is 0 Å². The van der Waals surface area contributed by atoms with Crippen molar-refractivity contribution in [3.05, 3.63) is 46.2 Å². The Kier molecular flexibility index (Phi) is 5.38. The average Bonchev–Trinajstić information content (AvgIpc) is 2.80. The Labute approximate surface area is 129 Å². The minimum absolute atomic E-state index is 0.485. The van der Waals surface area contributed by atoms with Crippen molar-refractivity contribution in [2.75, 3.05) is 0 Å². The van der Waals surface area contributed by atoms with Crippen LogP contribution in [0.4, 0.5) is 0 Å². The van der Waals surface area contributed by atoms with Crippen molar-refractivity contribution < 1.29 is 0 Å². The molecule has 20 heavy (non-hydrogen) atoms. The highest BCUT2D eigenvalue weighted by Crippen LogP contribution is 2.20. The van der Waals surface area contributed by atoms with Crippen LogP contribution in [0.3, 0.4) is 0 Å². The van der Waals surface area contributed by atoms with Gasteiger partial charge in [0.15, 0.2) is 0 Å². The maximum Gasteiger partial charge on any atom is 0.0660 e. The Morgan fingerprint density at radius 3 is 2.80 bits per heavy atom. The Morgan fingerprint density at radius 1 is 1.35 bits per heavy atom. The van der Waals surface area contributed by atoms with Gasteiger partial charge in [0.05, 0.1) is 11.9 Å². The number of aromatic nitrogens is 2. The molecule has 0 atom stereocenters. The first-order valence-corrected chi connectivity index (χ1v) is 7.96. The van der Waals surface area contributed by atoms with E-state index >= 15 is 0 Å². The number of rotatable bonds is 6. The van der Waals surface area contributed by atoms with Crippen LogP contribution in [0.15, 0.2) is 34.9 Å². The molecule has 0 amide bonds. The summed E-state index contributed by atoms with van der Waals surface area (Å²) in [5.74, 6) is 0. The summed E-state index contributed by atoms with van der Waals surface area (Å²) >= 11 is 3.53. The van der Waals surface area contributed by atoms with Gasteiger partial charge in [-0.15, -0.1) is 0 Å². The van der Waals surface area contributed by atoms with E-state index in [-0.39, 0.29) is 0 Å². The van der Waals surface area contributed by atoms with Gasteiger partial charge in [0, 0.05) is 28.3 Å². The van der Waals surface area contributed by atoms with Crippen molar-refractivity contribution in [3.8, 4) is 5.69 Å². The van der Waals surface area contributed by atoms with Gasteiger partial charge in [0.25, 0.3) is 0 Å². The molecule has 3 nitrogen and oxygen atoms in total. The maximum atomic E-state index is 4.58. The van der Waals surface area contributed by atoms with E-state index in [0.717, 1.165) is 29.5 Å². The fourth-order valence-corrected chi connectivity index (χ4v) is 2.59. The standard InChI is InChI=1S/C16H22BrN3/c1-4-6-16-13(10-18-12(2)3)11-19-20(16)15-8-5-7-14(17)9-15/h5,7-9,11-12,18H,4,6,10H2,1-3H3. The molecule has 0 aliphatic carbocycles. The van der Waals surface area contributed by atoms with Crippen molar-refractivity contribution in [2.24, 2.45) is 0 Å². The molecule has 0 radical (unpaired) electrons. The van der Waals surface area contributed by atoms with Crippen LogP contribution in [-0.4, -0.2) is 15.8 Å². The number of hydrogen-bond donors (Lipinski definition) is 1. The molecule has 0 bridgehead atoms. The summed E-state index contributed by atoms with van der Waals surface area (Å²) < 4.78 is 3.14. The molecule has 2 aromatic rings. The third-order valence-electron chi connectivity index (χ3n) is 3.20. The van der Waals surface area contributed by atoms with Crippen LogP contribution in [0.1, 0.15) is 38.4 Å². The van der Waals surface area contributed by atoms with Crippen molar-refractivity contribution >= 4 is 15.9 Å². The molecule has 2 rings (SSSR count). The molecule has 0 saturated heterocycles. The first-order valence-electron chi connectivity index (χ1n) is 7.17. The molecule has 1 aromatic heterocycles. The van der Waals surface area contributed by atoms with E-state index in [1.807, 2.05) is 18.3 Å². The second-order valence-electron chi connectivity index (χ2n) is 5.29. The molecular weight excluding hydrogens is 314 g/mol. The second-order valence-corrected chi connectivity index (χ2v) is 6.21. The first kappa shape index (κ1) is 15.3. The van der Waals surface area contributed by atoms with Gasteiger partial charge in [0.2, 0.25) is 0 Å². The number of benzene rings is 1. The lowest BCUT2D eigenvalue weighted by Crippen LogP contribution is -2.22. The monoisotopic (exact) mass is 335 g/mol. The summed E-state index contributed by atoms with van der Waals surface area (Å²) in [6.45, 7) is 7.41. The van der Waals surface area contributed by atoms with Crippen LogP contribution in [0.5, 0.6) is 0 Å². The zero-order chi connectivity index (χ0) is 14.5. The van der Waals surface area contributed by atoms with Crippen LogP contribution in [-0.2, 0) is 13.0 Å². The third-order valence-corrected chi connectivity index (χ3v) is 3.69. The van der Waals surface area contributed by atoms with Crippen molar-refractivity contribution in [3.63, 3.8) is 0 Å². The lowest BCUT2D eigenvalue weighted by Gasteiger charge is -2.11. The number of halogens is 1. The Bertz CT molecular complexity index is 561. The van der Waals surface area contributed by atoms with Crippen LogP contribution < -0.4 is 5.32 Å². The molecule has 1 heterocycles. The number of nitrogens with zero attached hydrogens (tertiary/aromatic N) is 2. The van der Waals surface area contributed by atoms with E-state index in [1.165, 1.54) is 11.3 Å². The number of hydrogen-bond acceptors (Lipinski definition) is 2.